The SMILES string of the molecule is CCC(C)(C)NC(=O)N1C2CCC1CC(CC(=O)O)C2. The third kappa shape index (κ3) is 3.25. The number of urea groups is 1. The van der Waals surface area contributed by atoms with Crippen molar-refractivity contribution in [3.8, 4) is 0 Å². The monoisotopic (exact) mass is 282 g/mol. The highest BCUT2D eigenvalue weighted by molar-refractivity contribution is 5.76. The van der Waals surface area contributed by atoms with Gasteiger partial charge in [0.2, 0.25) is 0 Å². The van der Waals surface area contributed by atoms with Crippen molar-refractivity contribution in [2.24, 2.45) is 5.92 Å². The van der Waals surface area contributed by atoms with E-state index in [2.05, 4.69) is 12.2 Å². The van der Waals surface area contributed by atoms with Crippen LogP contribution >= 0.6 is 0 Å². The van der Waals surface area contributed by atoms with Gasteiger partial charge in [0.1, 0.15) is 0 Å². The molecular formula is C15H26N2O3. The van der Waals surface area contributed by atoms with Crippen molar-refractivity contribution in [2.45, 2.75) is 76.9 Å². The molecule has 2 heterocycles. The second-order valence-corrected chi connectivity index (χ2v) is 6.90. The number of hydrogen-bond donors (Lipinski definition) is 2. The number of carboxylic acids is 1. The number of hydrogen-bond acceptors (Lipinski definition) is 2. The zero-order valence-electron chi connectivity index (χ0n) is 12.7. The third-order valence-electron chi connectivity index (χ3n) is 4.86. The van der Waals surface area contributed by atoms with E-state index in [1.807, 2.05) is 18.7 Å². The van der Waals surface area contributed by atoms with Crippen LogP contribution in [0, 0.1) is 5.92 Å². The average Bonchev–Trinajstić information content (AvgIpc) is 2.60. The van der Waals surface area contributed by atoms with Crippen LogP contribution in [0.15, 0.2) is 0 Å². The Hall–Kier alpha value is -1.26. The molecule has 2 saturated heterocycles. The summed E-state index contributed by atoms with van der Waals surface area (Å²) in [5.41, 5.74) is -0.186. The molecule has 0 aromatic rings. The number of carboxylic acid groups (broad SMARTS) is 1. The molecule has 2 atom stereocenters. The van der Waals surface area contributed by atoms with Gasteiger partial charge in [-0.25, -0.2) is 4.79 Å². The first-order chi connectivity index (χ1) is 9.32. The number of carbonyl (C=O) groups is 2. The van der Waals surface area contributed by atoms with Gasteiger partial charge in [0.15, 0.2) is 0 Å². The highest BCUT2D eigenvalue weighted by atomic mass is 16.4. The molecule has 2 aliphatic rings. The predicted octanol–water partition coefficient (Wildman–Crippen LogP) is 2.60. The van der Waals surface area contributed by atoms with Gasteiger partial charge in [0, 0.05) is 24.0 Å². The number of amides is 2. The van der Waals surface area contributed by atoms with E-state index in [1.54, 1.807) is 0 Å². The molecule has 2 unspecified atom stereocenters. The Morgan fingerprint density at radius 3 is 2.25 bits per heavy atom. The van der Waals surface area contributed by atoms with E-state index in [-0.39, 0.29) is 36.0 Å². The molecule has 5 nitrogen and oxygen atoms in total. The molecule has 114 valence electrons. The van der Waals surface area contributed by atoms with Crippen LogP contribution in [0.2, 0.25) is 0 Å². The molecule has 2 bridgehead atoms. The quantitative estimate of drug-likeness (QED) is 0.832. The minimum absolute atomic E-state index is 0.0260. The standard InChI is InChI=1S/C15H26N2O3/c1-4-15(2,3)16-14(20)17-11-5-6-12(17)8-10(7-11)9-13(18)19/h10-12H,4-9H2,1-3H3,(H,16,20)(H,18,19). The minimum atomic E-state index is -0.723. The summed E-state index contributed by atoms with van der Waals surface area (Å²) in [7, 11) is 0. The van der Waals surface area contributed by atoms with Crippen LogP contribution in [0.1, 0.15) is 59.3 Å². The van der Waals surface area contributed by atoms with Gasteiger partial charge in [0.25, 0.3) is 0 Å². The molecule has 5 heteroatoms. The van der Waals surface area contributed by atoms with E-state index >= 15 is 0 Å². The Kier molecular flexibility index (Phi) is 4.25. The van der Waals surface area contributed by atoms with E-state index in [4.69, 9.17) is 5.11 Å². The Bertz CT molecular complexity index is 381. The lowest BCUT2D eigenvalue weighted by Gasteiger charge is -2.40. The number of fused-ring (bicyclic) bond motifs is 2. The summed E-state index contributed by atoms with van der Waals surface area (Å²) >= 11 is 0. The molecule has 0 spiro atoms. The molecule has 2 amide bonds. The van der Waals surface area contributed by atoms with Crippen LogP contribution in [0.25, 0.3) is 0 Å². The second kappa shape index (κ2) is 5.62. The molecule has 0 aromatic carbocycles. The zero-order chi connectivity index (χ0) is 14.9. The average molecular weight is 282 g/mol. The fourth-order valence-corrected chi connectivity index (χ4v) is 3.48. The molecular weight excluding hydrogens is 256 g/mol. The van der Waals surface area contributed by atoms with E-state index in [9.17, 15) is 9.59 Å². The molecule has 0 saturated carbocycles. The third-order valence-corrected chi connectivity index (χ3v) is 4.86. The first-order valence-electron chi connectivity index (χ1n) is 7.64. The predicted molar refractivity (Wildman–Crippen MR) is 76.5 cm³/mol. The molecule has 0 aromatic heterocycles. The van der Waals surface area contributed by atoms with Crippen molar-refractivity contribution in [3.63, 3.8) is 0 Å². The van der Waals surface area contributed by atoms with Gasteiger partial charge in [-0.15, -0.1) is 0 Å². The van der Waals surface area contributed by atoms with Crippen LogP contribution in [0.4, 0.5) is 4.79 Å². The van der Waals surface area contributed by atoms with Crippen LogP contribution < -0.4 is 5.32 Å². The van der Waals surface area contributed by atoms with Crippen LogP contribution in [0.5, 0.6) is 0 Å². The van der Waals surface area contributed by atoms with Gasteiger partial charge in [-0.05, 0) is 51.9 Å². The highest BCUT2D eigenvalue weighted by Crippen LogP contribution is 2.40. The van der Waals surface area contributed by atoms with Crippen LogP contribution in [0.3, 0.4) is 0 Å². The summed E-state index contributed by atoms with van der Waals surface area (Å²) in [5, 5.41) is 12.0. The Balaban J connectivity index is 1.98. The Morgan fingerprint density at radius 2 is 1.80 bits per heavy atom. The number of rotatable bonds is 4. The van der Waals surface area contributed by atoms with Crippen molar-refractivity contribution in [1.82, 2.24) is 10.2 Å². The minimum Gasteiger partial charge on any atom is -0.481 e. The molecule has 20 heavy (non-hydrogen) atoms. The highest BCUT2D eigenvalue weighted by Gasteiger charge is 2.44. The maximum Gasteiger partial charge on any atom is 0.318 e. The van der Waals surface area contributed by atoms with Crippen molar-refractivity contribution >= 4 is 12.0 Å². The summed E-state index contributed by atoms with van der Waals surface area (Å²) in [6.07, 6.45) is 4.83. The normalized spacial score (nSPS) is 29.4. The number of nitrogens with zero attached hydrogens (tertiary/aromatic N) is 1. The number of piperidine rings is 1. The molecule has 2 rings (SSSR count). The fourth-order valence-electron chi connectivity index (χ4n) is 3.48. The lowest BCUT2D eigenvalue weighted by Crippen LogP contribution is -2.55. The largest absolute Gasteiger partial charge is 0.481 e. The first-order valence-corrected chi connectivity index (χ1v) is 7.64. The molecule has 0 radical (unpaired) electrons. The van der Waals surface area contributed by atoms with E-state index in [0.29, 0.717) is 0 Å². The number of carbonyl (C=O) groups excluding carboxylic acids is 1. The van der Waals surface area contributed by atoms with Gasteiger partial charge in [-0.2, -0.15) is 0 Å². The molecule has 2 fully saturated rings. The second-order valence-electron chi connectivity index (χ2n) is 6.90. The Labute approximate surface area is 120 Å². The summed E-state index contributed by atoms with van der Waals surface area (Å²) in [6.45, 7) is 6.13. The van der Waals surface area contributed by atoms with Gasteiger partial charge in [-0.3, -0.25) is 4.79 Å². The maximum absolute atomic E-state index is 12.5. The van der Waals surface area contributed by atoms with Crippen LogP contribution in [-0.4, -0.2) is 39.6 Å². The van der Waals surface area contributed by atoms with Crippen molar-refractivity contribution in [2.75, 3.05) is 0 Å². The number of aliphatic carboxylic acids is 1. The van der Waals surface area contributed by atoms with Crippen LogP contribution in [-0.2, 0) is 4.79 Å². The van der Waals surface area contributed by atoms with Gasteiger partial charge in [0.05, 0.1) is 0 Å². The Morgan fingerprint density at radius 1 is 1.25 bits per heavy atom. The first kappa shape index (κ1) is 15.1. The molecule has 0 aliphatic carbocycles. The summed E-state index contributed by atoms with van der Waals surface area (Å²) < 4.78 is 0. The van der Waals surface area contributed by atoms with E-state index in [0.717, 1.165) is 32.1 Å². The fraction of sp³-hybridized carbons (Fsp3) is 0.867. The molecule has 2 aliphatic heterocycles. The summed E-state index contributed by atoms with van der Waals surface area (Å²) in [6, 6.07) is 0.481. The lowest BCUT2D eigenvalue weighted by atomic mass is 9.88. The molecule has 2 N–H and O–H groups in total. The lowest BCUT2D eigenvalue weighted by molar-refractivity contribution is -0.138. The zero-order valence-corrected chi connectivity index (χ0v) is 12.7. The van der Waals surface area contributed by atoms with Crippen molar-refractivity contribution < 1.29 is 14.7 Å². The van der Waals surface area contributed by atoms with E-state index in [1.165, 1.54) is 0 Å². The topological polar surface area (TPSA) is 69.6 Å². The van der Waals surface area contributed by atoms with Gasteiger partial charge < -0.3 is 15.3 Å². The van der Waals surface area contributed by atoms with Gasteiger partial charge >= 0.3 is 12.0 Å². The van der Waals surface area contributed by atoms with E-state index < -0.39 is 5.97 Å². The van der Waals surface area contributed by atoms with Crippen molar-refractivity contribution in [1.29, 1.82) is 0 Å². The number of nitrogens with one attached hydrogen (secondary N) is 1. The maximum atomic E-state index is 12.5. The summed E-state index contributed by atoms with van der Waals surface area (Å²) in [5.74, 6) is -0.493. The smallest absolute Gasteiger partial charge is 0.318 e. The van der Waals surface area contributed by atoms with Crippen molar-refractivity contribution in [3.05, 3.63) is 0 Å². The summed E-state index contributed by atoms with van der Waals surface area (Å²) in [4.78, 5) is 25.3. The van der Waals surface area contributed by atoms with Gasteiger partial charge in [-0.1, -0.05) is 6.92 Å².